The van der Waals surface area contributed by atoms with Crippen molar-refractivity contribution in [2.24, 2.45) is 0 Å². The third-order valence-corrected chi connectivity index (χ3v) is 3.27. The molecular weight excluding hydrogens is 318 g/mol. The van der Waals surface area contributed by atoms with E-state index < -0.39 is 0 Å². The number of hydrogen-bond donors (Lipinski definition) is 2. The molecule has 0 aliphatic rings. The zero-order valence-electron chi connectivity index (χ0n) is 11.8. The number of anilines is 1. The molecule has 1 amide bonds. The highest BCUT2D eigenvalue weighted by molar-refractivity contribution is 6.30. The monoisotopic (exact) mass is 329 g/mol. The molecule has 8 heteroatoms. The minimum absolute atomic E-state index is 0.139. The average molecular weight is 330 g/mol. The molecule has 1 aromatic carbocycles. The minimum Gasteiger partial charge on any atom is -0.492 e. The van der Waals surface area contributed by atoms with Gasteiger partial charge in [-0.1, -0.05) is 23.7 Å². The van der Waals surface area contributed by atoms with Crippen LogP contribution >= 0.6 is 11.6 Å². The summed E-state index contributed by atoms with van der Waals surface area (Å²) >= 11 is 5.80. The summed E-state index contributed by atoms with van der Waals surface area (Å²) in [5, 5.41) is 17.1. The normalized spacial score (nSPS) is 10.5. The largest absolute Gasteiger partial charge is 0.492 e. The van der Waals surface area contributed by atoms with Gasteiger partial charge in [0.05, 0.1) is 12.6 Å². The van der Waals surface area contributed by atoms with Crippen molar-refractivity contribution in [2.75, 3.05) is 5.32 Å². The second-order valence-corrected chi connectivity index (χ2v) is 5.15. The number of benzene rings is 1. The van der Waals surface area contributed by atoms with Crippen LogP contribution in [0.3, 0.4) is 0 Å². The van der Waals surface area contributed by atoms with Crippen molar-refractivity contribution in [1.29, 1.82) is 0 Å². The van der Waals surface area contributed by atoms with Crippen LogP contribution in [0.5, 0.6) is 5.88 Å². The van der Waals surface area contributed by atoms with Crippen LogP contribution < -0.4 is 5.32 Å². The number of rotatable bonds is 4. The van der Waals surface area contributed by atoms with E-state index in [9.17, 15) is 9.90 Å². The van der Waals surface area contributed by atoms with Gasteiger partial charge in [-0.15, -0.1) is 0 Å². The molecule has 0 saturated heterocycles. The van der Waals surface area contributed by atoms with Crippen molar-refractivity contribution >= 4 is 23.2 Å². The first-order chi connectivity index (χ1) is 11.1. The molecule has 0 radical (unpaired) electrons. The van der Waals surface area contributed by atoms with Crippen LogP contribution in [0.1, 0.15) is 5.56 Å². The number of carbonyl (C=O) groups is 1. The Labute approximate surface area is 136 Å². The summed E-state index contributed by atoms with van der Waals surface area (Å²) in [7, 11) is 0. The zero-order chi connectivity index (χ0) is 16.2. The molecule has 2 aromatic heterocycles. The van der Waals surface area contributed by atoms with Gasteiger partial charge in [0.1, 0.15) is 5.69 Å². The van der Waals surface area contributed by atoms with E-state index >= 15 is 0 Å². The Morgan fingerprint density at radius 2 is 2.09 bits per heavy atom. The fourth-order valence-corrected chi connectivity index (χ4v) is 2.06. The molecule has 0 bridgehead atoms. The molecule has 23 heavy (non-hydrogen) atoms. The summed E-state index contributed by atoms with van der Waals surface area (Å²) in [6.07, 6.45) is 4.70. The average Bonchev–Trinajstić information content (AvgIpc) is 3.06. The standard InChI is InChI=1S/C15H12ClN5O2/c16-11-4-2-10(3-5-11)8-13(22)19-12-9-17-15(20-14(12)23)21-7-1-6-18-21/h1-7,9H,8H2,(H,19,22)(H,17,20,23). The quantitative estimate of drug-likeness (QED) is 0.765. The van der Waals surface area contributed by atoms with Gasteiger partial charge < -0.3 is 10.4 Å². The molecular formula is C15H12ClN5O2. The first-order valence-electron chi connectivity index (χ1n) is 6.72. The molecule has 7 nitrogen and oxygen atoms in total. The summed E-state index contributed by atoms with van der Waals surface area (Å²) in [6, 6.07) is 8.66. The molecule has 3 rings (SSSR count). The smallest absolute Gasteiger partial charge is 0.253 e. The Bertz CT molecular complexity index is 818. The predicted octanol–water partition coefficient (Wildman–Crippen LogP) is 2.20. The van der Waals surface area contributed by atoms with Gasteiger partial charge >= 0.3 is 0 Å². The van der Waals surface area contributed by atoms with E-state index in [2.05, 4.69) is 20.4 Å². The minimum atomic E-state index is -0.324. The lowest BCUT2D eigenvalue weighted by atomic mass is 10.1. The van der Waals surface area contributed by atoms with Crippen LogP contribution in [0.15, 0.2) is 48.9 Å². The number of hydrogen-bond acceptors (Lipinski definition) is 5. The van der Waals surface area contributed by atoms with E-state index in [0.717, 1.165) is 5.56 Å². The molecule has 2 N–H and O–H groups in total. The number of halogens is 1. The van der Waals surface area contributed by atoms with E-state index in [1.54, 1.807) is 42.7 Å². The summed E-state index contributed by atoms with van der Waals surface area (Å²) in [6.45, 7) is 0. The second kappa shape index (κ2) is 6.45. The SMILES string of the molecule is O=C(Cc1ccc(Cl)cc1)Nc1cnc(-n2cccn2)nc1O. The van der Waals surface area contributed by atoms with Crippen molar-refractivity contribution in [2.45, 2.75) is 6.42 Å². The molecule has 0 atom stereocenters. The van der Waals surface area contributed by atoms with Gasteiger partial charge in [-0.3, -0.25) is 4.79 Å². The third-order valence-electron chi connectivity index (χ3n) is 3.02. The molecule has 0 saturated carbocycles. The van der Waals surface area contributed by atoms with E-state index in [1.165, 1.54) is 10.9 Å². The van der Waals surface area contributed by atoms with Crippen molar-refractivity contribution < 1.29 is 9.90 Å². The zero-order valence-corrected chi connectivity index (χ0v) is 12.6. The molecule has 0 fully saturated rings. The summed E-state index contributed by atoms with van der Waals surface area (Å²) in [5.41, 5.74) is 0.945. The van der Waals surface area contributed by atoms with E-state index in [1.807, 2.05) is 0 Å². The van der Waals surface area contributed by atoms with Crippen LogP contribution in [0.2, 0.25) is 5.02 Å². The summed E-state index contributed by atoms with van der Waals surface area (Å²) in [5.74, 6) is -0.406. The number of carbonyl (C=O) groups excluding carboxylic acids is 1. The number of nitrogens with zero attached hydrogens (tertiary/aromatic N) is 4. The third kappa shape index (κ3) is 3.64. The van der Waals surface area contributed by atoms with Crippen LogP contribution in [-0.2, 0) is 11.2 Å². The highest BCUT2D eigenvalue weighted by Crippen LogP contribution is 2.20. The lowest BCUT2D eigenvalue weighted by Gasteiger charge is -2.07. The molecule has 0 unspecified atom stereocenters. The van der Waals surface area contributed by atoms with Gasteiger partial charge in [0, 0.05) is 17.4 Å². The van der Waals surface area contributed by atoms with Crippen LogP contribution in [-0.4, -0.2) is 30.8 Å². The van der Waals surface area contributed by atoms with Crippen LogP contribution in [0, 0.1) is 0 Å². The lowest BCUT2D eigenvalue weighted by molar-refractivity contribution is -0.115. The Kier molecular flexibility index (Phi) is 4.20. The van der Waals surface area contributed by atoms with Crippen LogP contribution in [0.4, 0.5) is 5.69 Å². The first kappa shape index (κ1) is 15.0. The number of aromatic nitrogens is 4. The van der Waals surface area contributed by atoms with E-state index in [4.69, 9.17) is 11.6 Å². The van der Waals surface area contributed by atoms with E-state index in [-0.39, 0.29) is 29.8 Å². The molecule has 3 aromatic rings. The van der Waals surface area contributed by atoms with Gasteiger partial charge in [0.15, 0.2) is 0 Å². The molecule has 116 valence electrons. The van der Waals surface area contributed by atoms with Gasteiger partial charge in [-0.05, 0) is 23.8 Å². The van der Waals surface area contributed by atoms with Crippen molar-refractivity contribution in [1.82, 2.24) is 19.7 Å². The Hall–Kier alpha value is -2.93. The summed E-state index contributed by atoms with van der Waals surface area (Å²) < 4.78 is 1.40. The highest BCUT2D eigenvalue weighted by atomic mass is 35.5. The van der Waals surface area contributed by atoms with Crippen molar-refractivity contribution in [3.8, 4) is 11.8 Å². The van der Waals surface area contributed by atoms with E-state index in [0.29, 0.717) is 5.02 Å². The van der Waals surface area contributed by atoms with Gasteiger partial charge in [0.2, 0.25) is 11.8 Å². The first-order valence-corrected chi connectivity index (χ1v) is 7.10. The maximum atomic E-state index is 12.0. The Balaban J connectivity index is 1.70. The highest BCUT2D eigenvalue weighted by Gasteiger charge is 2.11. The number of aromatic hydroxyl groups is 1. The lowest BCUT2D eigenvalue weighted by Crippen LogP contribution is -2.15. The summed E-state index contributed by atoms with van der Waals surface area (Å²) in [4.78, 5) is 20.0. The van der Waals surface area contributed by atoms with Gasteiger partial charge in [-0.2, -0.15) is 10.1 Å². The molecule has 0 spiro atoms. The fourth-order valence-electron chi connectivity index (χ4n) is 1.93. The Morgan fingerprint density at radius 3 is 2.74 bits per heavy atom. The van der Waals surface area contributed by atoms with Crippen molar-refractivity contribution in [3.63, 3.8) is 0 Å². The Morgan fingerprint density at radius 1 is 1.30 bits per heavy atom. The van der Waals surface area contributed by atoms with Crippen molar-refractivity contribution in [3.05, 3.63) is 59.5 Å². The van der Waals surface area contributed by atoms with Gasteiger partial charge in [0.25, 0.3) is 5.95 Å². The molecule has 0 aliphatic carbocycles. The number of nitrogens with one attached hydrogen (secondary N) is 1. The van der Waals surface area contributed by atoms with Gasteiger partial charge in [-0.25, -0.2) is 9.67 Å². The topological polar surface area (TPSA) is 92.9 Å². The maximum absolute atomic E-state index is 12.0. The molecule has 2 heterocycles. The fraction of sp³-hybridized carbons (Fsp3) is 0.0667. The number of amides is 1. The van der Waals surface area contributed by atoms with Crippen LogP contribution in [0.25, 0.3) is 5.95 Å². The second-order valence-electron chi connectivity index (χ2n) is 4.71. The predicted molar refractivity (Wildman–Crippen MR) is 84.6 cm³/mol. The maximum Gasteiger partial charge on any atom is 0.253 e. The molecule has 0 aliphatic heterocycles.